The van der Waals surface area contributed by atoms with Crippen LogP contribution < -0.4 is 5.32 Å². The number of hydrogen-bond acceptors (Lipinski definition) is 6. The van der Waals surface area contributed by atoms with Gasteiger partial charge in [0.05, 0.1) is 37.4 Å². The van der Waals surface area contributed by atoms with Crippen LogP contribution in [-0.4, -0.2) is 37.2 Å². The zero-order valence-corrected chi connectivity index (χ0v) is 16.9. The lowest BCUT2D eigenvalue weighted by molar-refractivity contribution is -0.384. The minimum atomic E-state index is -1.97. The molecule has 32 heavy (non-hydrogen) atoms. The Labute approximate surface area is 182 Å². The van der Waals surface area contributed by atoms with Crippen LogP contribution in [0.3, 0.4) is 0 Å². The van der Waals surface area contributed by atoms with Crippen molar-refractivity contribution in [3.63, 3.8) is 0 Å². The first-order valence-corrected chi connectivity index (χ1v) is 10.0. The first-order valence-electron chi connectivity index (χ1n) is 8.86. The van der Waals surface area contributed by atoms with E-state index in [1.165, 1.54) is 36.4 Å². The summed E-state index contributed by atoms with van der Waals surface area (Å²) in [6.07, 6.45) is 0. The monoisotopic (exact) mass is 454 g/mol. The number of nitrogens with zero attached hydrogens (tertiary/aromatic N) is 1. The lowest BCUT2D eigenvalue weighted by Crippen LogP contribution is -2.14. The number of carboxylic acids is 2. The molecule has 0 heterocycles. The third-order valence-electron chi connectivity index (χ3n) is 4.32. The predicted octanol–water partition coefficient (Wildman–Crippen LogP) is 3.41. The SMILES string of the molecule is O=C(Nc1ccccc1S(=O)c1ccc(C(=O)O)c(C(=O)O)c1)c1cccc([N+](=O)[O-])c1. The zero-order chi connectivity index (χ0) is 23.4. The van der Waals surface area contributed by atoms with Gasteiger partial charge in [0.2, 0.25) is 0 Å². The number of anilines is 1. The van der Waals surface area contributed by atoms with Crippen LogP contribution in [0.25, 0.3) is 0 Å². The summed E-state index contributed by atoms with van der Waals surface area (Å²) in [6.45, 7) is 0. The second-order valence-electron chi connectivity index (χ2n) is 6.34. The summed E-state index contributed by atoms with van der Waals surface area (Å²) in [7, 11) is -1.97. The third kappa shape index (κ3) is 4.68. The van der Waals surface area contributed by atoms with Crippen molar-refractivity contribution in [3.05, 3.63) is 93.5 Å². The molecule has 162 valence electrons. The molecule has 0 radical (unpaired) electrons. The Balaban J connectivity index is 1.95. The smallest absolute Gasteiger partial charge is 0.336 e. The van der Waals surface area contributed by atoms with Gasteiger partial charge in [-0.25, -0.2) is 13.8 Å². The summed E-state index contributed by atoms with van der Waals surface area (Å²) in [5.41, 5.74) is -1.10. The molecule has 10 nitrogen and oxygen atoms in total. The second-order valence-corrected chi connectivity index (χ2v) is 7.79. The molecular formula is C21H14N2O8S. The number of rotatable bonds is 7. The molecule has 1 atom stereocenters. The Bertz CT molecular complexity index is 1290. The van der Waals surface area contributed by atoms with Crippen molar-refractivity contribution in [2.75, 3.05) is 5.32 Å². The quantitative estimate of drug-likeness (QED) is 0.361. The molecule has 0 fully saturated rings. The van der Waals surface area contributed by atoms with Crippen molar-refractivity contribution < 1.29 is 33.7 Å². The van der Waals surface area contributed by atoms with E-state index in [2.05, 4.69) is 5.32 Å². The molecule has 0 spiro atoms. The van der Waals surface area contributed by atoms with Crippen LogP contribution in [0.5, 0.6) is 0 Å². The van der Waals surface area contributed by atoms with Gasteiger partial charge in [0.1, 0.15) is 0 Å². The van der Waals surface area contributed by atoms with E-state index in [1.54, 1.807) is 12.1 Å². The summed E-state index contributed by atoms with van der Waals surface area (Å²) in [4.78, 5) is 45.7. The van der Waals surface area contributed by atoms with E-state index in [-0.39, 0.29) is 26.7 Å². The van der Waals surface area contributed by atoms with E-state index < -0.39 is 44.7 Å². The van der Waals surface area contributed by atoms with Crippen LogP contribution in [0.2, 0.25) is 0 Å². The van der Waals surface area contributed by atoms with Gasteiger partial charge in [-0.1, -0.05) is 18.2 Å². The maximum absolute atomic E-state index is 13.1. The van der Waals surface area contributed by atoms with Crippen LogP contribution in [0.1, 0.15) is 31.1 Å². The van der Waals surface area contributed by atoms with E-state index in [1.807, 2.05) is 0 Å². The maximum Gasteiger partial charge on any atom is 0.336 e. The standard InChI is InChI=1S/C21H14N2O8S/c24-19(12-4-3-5-13(10-12)23(29)30)22-17-6-1-2-7-18(17)32(31)14-8-9-15(20(25)26)16(11-14)21(27)28/h1-11H,(H,22,24)(H,25,26)(H,27,28). The molecule has 3 rings (SSSR count). The molecule has 0 aromatic heterocycles. The van der Waals surface area contributed by atoms with E-state index in [0.29, 0.717) is 0 Å². The lowest BCUT2D eigenvalue weighted by atomic mass is 10.1. The second kappa shape index (κ2) is 9.18. The molecule has 11 heteroatoms. The number of carboxylic acid groups (broad SMARTS) is 2. The summed E-state index contributed by atoms with van der Waals surface area (Å²) in [6, 6.07) is 14.4. The fourth-order valence-corrected chi connectivity index (χ4v) is 4.01. The Morgan fingerprint density at radius 2 is 1.56 bits per heavy atom. The number of para-hydroxylation sites is 1. The number of nitro groups is 1. The molecule has 0 aliphatic heterocycles. The number of carbonyl (C=O) groups is 3. The number of aromatic carboxylic acids is 2. The van der Waals surface area contributed by atoms with Crippen LogP contribution in [0, 0.1) is 10.1 Å². The van der Waals surface area contributed by atoms with Gasteiger partial charge in [-0.05, 0) is 36.4 Å². The number of benzene rings is 3. The van der Waals surface area contributed by atoms with Crippen LogP contribution >= 0.6 is 0 Å². The molecule has 0 saturated heterocycles. The number of hydrogen-bond donors (Lipinski definition) is 3. The van der Waals surface area contributed by atoms with E-state index in [4.69, 9.17) is 5.11 Å². The van der Waals surface area contributed by atoms with E-state index in [0.717, 1.165) is 18.2 Å². The first kappa shape index (κ1) is 22.3. The summed E-state index contributed by atoms with van der Waals surface area (Å²) in [5.74, 6) is -3.61. The van der Waals surface area contributed by atoms with Gasteiger partial charge >= 0.3 is 11.9 Å². The highest BCUT2D eigenvalue weighted by Gasteiger charge is 2.21. The lowest BCUT2D eigenvalue weighted by Gasteiger charge is -2.12. The van der Waals surface area contributed by atoms with Gasteiger partial charge in [0.25, 0.3) is 11.6 Å². The van der Waals surface area contributed by atoms with Crippen LogP contribution in [-0.2, 0) is 10.8 Å². The molecule has 3 aromatic rings. The number of nitro benzene ring substituents is 1. The number of nitrogens with one attached hydrogen (secondary N) is 1. The van der Waals surface area contributed by atoms with Crippen molar-refractivity contribution in [3.8, 4) is 0 Å². The zero-order valence-electron chi connectivity index (χ0n) is 16.1. The van der Waals surface area contributed by atoms with Gasteiger partial charge in [-0.3, -0.25) is 14.9 Å². The van der Waals surface area contributed by atoms with E-state index >= 15 is 0 Å². The van der Waals surface area contributed by atoms with Gasteiger partial charge in [0.15, 0.2) is 0 Å². The van der Waals surface area contributed by atoms with Gasteiger partial charge in [-0.15, -0.1) is 0 Å². The average Bonchev–Trinajstić information content (AvgIpc) is 2.78. The molecule has 0 aliphatic carbocycles. The highest BCUT2D eigenvalue weighted by Crippen LogP contribution is 2.27. The summed E-state index contributed by atoms with van der Waals surface area (Å²) >= 11 is 0. The normalized spacial score (nSPS) is 11.4. The number of non-ortho nitro benzene ring substituents is 1. The van der Waals surface area contributed by atoms with Gasteiger partial charge in [0, 0.05) is 22.6 Å². The first-order chi connectivity index (χ1) is 15.2. The highest BCUT2D eigenvalue weighted by atomic mass is 32.2. The van der Waals surface area contributed by atoms with Crippen molar-refractivity contribution in [1.29, 1.82) is 0 Å². The third-order valence-corrected chi connectivity index (χ3v) is 5.76. The minimum absolute atomic E-state index is 0.0127. The van der Waals surface area contributed by atoms with Crippen molar-refractivity contribution in [2.45, 2.75) is 9.79 Å². The molecule has 1 unspecified atom stereocenters. The molecule has 0 saturated carbocycles. The fraction of sp³-hybridized carbons (Fsp3) is 0. The largest absolute Gasteiger partial charge is 0.478 e. The fourth-order valence-electron chi connectivity index (χ4n) is 2.82. The predicted molar refractivity (Wildman–Crippen MR) is 113 cm³/mol. The number of carbonyl (C=O) groups excluding carboxylic acids is 1. The Morgan fingerprint density at radius 3 is 2.22 bits per heavy atom. The van der Waals surface area contributed by atoms with Crippen LogP contribution in [0.15, 0.2) is 76.5 Å². The summed E-state index contributed by atoms with van der Waals surface area (Å²) < 4.78 is 13.1. The van der Waals surface area contributed by atoms with Crippen LogP contribution in [0.4, 0.5) is 11.4 Å². The molecular weight excluding hydrogens is 440 g/mol. The highest BCUT2D eigenvalue weighted by molar-refractivity contribution is 7.85. The average molecular weight is 454 g/mol. The number of amides is 1. The Kier molecular flexibility index (Phi) is 6.40. The molecule has 3 aromatic carbocycles. The Morgan fingerprint density at radius 1 is 0.875 bits per heavy atom. The topological polar surface area (TPSA) is 164 Å². The van der Waals surface area contributed by atoms with Gasteiger partial charge in [-0.2, -0.15) is 0 Å². The molecule has 0 bridgehead atoms. The molecule has 3 N–H and O–H groups in total. The van der Waals surface area contributed by atoms with Crippen molar-refractivity contribution >= 4 is 40.0 Å². The van der Waals surface area contributed by atoms with Crippen molar-refractivity contribution in [1.82, 2.24) is 0 Å². The Hall–Kier alpha value is -4.38. The summed E-state index contributed by atoms with van der Waals surface area (Å²) in [5, 5.41) is 31.9. The van der Waals surface area contributed by atoms with Crippen molar-refractivity contribution in [2.24, 2.45) is 0 Å². The maximum atomic E-state index is 13.1. The van der Waals surface area contributed by atoms with E-state index in [9.17, 15) is 33.8 Å². The minimum Gasteiger partial charge on any atom is -0.478 e. The van der Waals surface area contributed by atoms with Gasteiger partial charge < -0.3 is 15.5 Å². The molecule has 0 aliphatic rings. The molecule has 1 amide bonds.